The van der Waals surface area contributed by atoms with Crippen LogP contribution in [0.5, 0.6) is 5.75 Å². The van der Waals surface area contributed by atoms with Crippen molar-refractivity contribution in [1.29, 1.82) is 0 Å². The van der Waals surface area contributed by atoms with Crippen molar-refractivity contribution in [2.75, 3.05) is 0 Å². The fourth-order valence-corrected chi connectivity index (χ4v) is 9.58. The van der Waals surface area contributed by atoms with E-state index in [2.05, 4.69) is 133 Å². The number of para-hydroxylation sites is 2. The number of aromatic hydroxyl groups is 1. The van der Waals surface area contributed by atoms with Crippen LogP contribution in [0.25, 0.3) is 83.9 Å². The molecule has 0 aliphatic heterocycles. The number of phenols is 1. The zero-order valence-electron chi connectivity index (χ0n) is 42.5. The van der Waals surface area contributed by atoms with Gasteiger partial charge in [-0.25, -0.2) is 4.98 Å². The van der Waals surface area contributed by atoms with Crippen molar-refractivity contribution >= 4 is 11.0 Å². The number of rotatable bonds is 13. The second-order valence-electron chi connectivity index (χ2n) is 18.3. The number of hydrogen-bond donors (Lipinski definition) is 1. The first-order chi connectivity index (χ1) is 33.2. The Morgan fingerprint density at radius 3 is 1.88 bits per heavy atom. The minimum atomic E-state index is -2.52. The molecule has 2 heterocycles. The molecule has 4 nitrogen and oxygen atoms in total. The second-order valence-corrected chi connectivity index (χ2v) is 18.3. The number of hydrogen-bond acceptors (Lipinski definition) is 3. The summed E-state index contributed by atoms with van der Waals surface area (Å²) in [5, 5.41) is 11.5. The summed E-state index contributed by atoms with van der Waals surface area (Å²) in [5.41, 5.74) is 15.3. The van der Waals surface area contributed by atoms with E-state index in [1.165, 1.54) is 16.7 Å². The van der Waals surface area contributed by atoms with Crippen molar-refractivity contribution in [3.63, 3.8) is 0 Å². The fourth-order valence-electron chi connectivity index (χ4n) is 9.58. The molecule has 0 saturated carbocycles. The third-order valence-electron chi connectivity index (χ3n) is 14.5. The minimum Gasteiger partial charge on any atom is -0.507 e. The van der Waals surface area contributed by atoms with Crippen LogP contribution in [0.15, 0.2) is 164 Å². The molecule has 0 aliphatic carbocycles. The Morgan fingerprint density at radius 2 is 1.21 bits per heavy atom. The van der Waals surface area contributed by atoms with E-state index in [4.69, 9.17) is 9.97 Å². The SMILES string of the molecule is [2H]C([2H])([2H])c1cc(-c2c(C(C)(CC)CC)cccc2C(C)(CC)CC)ccc1-n1c(-c2ccccc2O)nc2c(-c3[c-]c(-c4cc(-c5ccc(C)cc5)ccn4)cc(-c4ccccc4)c3)cccc21.[Pt]. The number of benzene rings is 7. The van der Waals surface area contributed by atoms with Crippen LogP contribution in [0.4, 0.5) is 0 Å². The number of pyridine rings is 1. The number of aryl methyl sites for hydroxylation is 2. The van der Waals surface area contributed by atoms with E-state index in [1.54, 1.807) is 12.1 Å². The monoisotopic (exact) mass is 1060 g/mol. The zero-order valence-corrected chi connectivity index (χ0v) is 41.8. The molecule has 0 spiro atoms. The topological polar surface area (TPSA) is 50.9 Å². The maximum atomic E-state index is 11.5. The van der Waals surface area contributed by atoms with Crippen LogP contribution in [0.1, 0.15) is 93.6 Å². The molecular weight excluding hydrogens is 998 g/mol. The van der Waals surface area contributed by atoms with Crippen molar-refractivity contribution in [3.8, 4) is 78.6 Å². The third-order valence-corrected chi connectivity index (χ3v) is 14.5. The summed E-state index contributed by atoms with van der Waals surface area (Å²) in [4.78, 5) is 10.3. The van der Waals surface area contributed by atoms with E-state index < -0.39 is 6.85 Å². The Bertz CT molecular complexity index is 3280. The molecule has 9 rings (SSSR count). The average molecular weight is 1060 g/mol. The molecule has 0 amide bonds. The van der Waals surface area contributed by atoms with Gasteiger partial charge >= 0.3 is 0 Å². The first-order valence-electron chi connectivity index (χ1n) is 25.0. The van der Waals surface area contributed by atoms with Crippen LogP contribution in [0.3, 0.4) is 0 Å². The van der Waals surface area contributed by atoms with Crippen LogP contribution in [0, 0.1) is 19.8 Å². The summed E-state index contributed by atoms with van der Waals surface area (Å²) >= 11 is 0. The zero-order chi connectivity index (χ0) is 48.7. The van der Waals surface area contributed by atoms with Crippen LogP contribution in [0.2, 0.25) is 0 Å². The van der Waals surface area contributed by atoms with Gasteiger partial charge in [0.25, 0.3) is 0 Å². The summed E-state index contributed by atoms with van der Waals surface area (Å²) in [6, 6.07) is 56.7. The molecule has 0 atom stereocenters. The second kappa shape index (κ2) is 19.5. The van der Waals surface area contributed by atoms with Crippen molar-refractivity contribution < 1.29 is 30.3 Å². The van der Waals surface area contributed by atoms with E-state index in [-0.39, 0.29) is 43.2 Å². The van der Waals surface area contributed by atoms with Gasteiger partial charge in [0, 0.05) is 37.1 Å². The van der Waals surface area contributed by atoms with Crippen LogP contribution < -0.4 is 0 Å². The van der Waals surface area contributed by atoms with E-state index in [1.807, 2.05) is 77.5 Å². The molecule has 0 bridgehead atoms. The van der Waals surface area contributed by atoms with Gasteiger partial charge in [-0.3, -0.25) is 9.55 Å². The Kier molecular flexibility index (Phi) is 12.6. The first kappa shape index (κ1) is 43.2. The number of nitrogens with zero attached hydrogens (tertiary/aromatic N) is 3. The summed E-state index contributed by atoms with van der Waals surface area (Å²) in [7, 11) is 0. The number of phenolic OH excluding ortho intramolecular Hbond substituents is 1. The van der Waals surface area contributed by atoms with Gasteiger partial charge in [-0.05, 0) is 131 Å². The van der Waals surface area contributed by atoms with Crippen molar-refractivity contribution in [2.45, 2.75) is 91.8 Å². The number of fused-ring (bicyclic) bond motifs is 1. The largest absolute Gasteiger partial charge is 0.507 e. The van der Waals surface area contributed by atoms with Gasteiger partial charge in [0.05, 0.1) is 22.3 Å². The van der Waals surface area contributed by atoms with E-state index >= 15 is 0 Å². The summed E-state index contributed by atoms with van der Waals surface area (Å²) in [6.07, 6.45) is 5.61. The third kappa shape index (κ3) is 8.85. The van der Waals surface area contributed by atoms with Gasteiger partial charge in [-0.2, -0.15) is 0 Å². The maximum Gasteiger partial charge on any atom is 0.148 e. The molecule has 1 N–H and O–H groups in total. The Morgan fingerprint density at radius 1 is 0.597 bits per heavy atom. The Balaban J connectivity index is 0.00000659. The maximum absolute atomic E-state index is 11.5. The van der Waals surface area contributed by atoms with Gasteiger partial charge in [0.2, 0.25) is 0 Å². The van der Waals surface area contributed by atoms with Gasteiger partial charge in [-0.15, -0.1) is 23.8 Å². The molecule has 7 aromatic carbocycles. The van der Waals surface area contributed by atoms with Gasteiger partial charge < -0.3 is 5.11 Å². The number of aromatic nitrogens is 3. The molecule has 0 unspecified atom stereocenters. The minimum absolute atomic E-state index is 0. The molecular formula is C62H60N3OPt-. The smallest absolute Gasteiger partial charge is 0.148 e. The van der Waals surface area contributed by atoms with Crippen LogP contribution >= 0.6 is 0 Å². The molecule has 5 heteroatoms. The van der Waals surface area contributed by atoms with Gasteiger partial charge in [-0.1, -0.05) is 173 Å². The molecule has 9 aromatic rings. The summed E-state index contributed by atoms with van der Waals surface area (Å²) in [6.45, 7) is 13.2. The van der Waals surface area contributed by atoms with E-state index in [0.29, 0.717) is 28.1 Å². The predicted molar refractivity (Wildman–Crippen MR) is 277 cm³/mol. The predicted octanol–water partition coefficient (Wildman–Crippen LogP) is 16.7. The molecule has 0 radical (unpaired) electrons. The first-order valence-corrected chi connectivity index (χ1v) is 23.5. The molecule has 0 aliphatic rings. The average Bonchev–Trinajstić information content (AvgIpc) is 3.77. The Hall–Kier alpha value is -6.35. The van der Waals surface area contributed by atoms with Crippen molar-refractivity contribution in [3.05, 3.63) is 192 Å². The number of imidazole rings is 1. The molecule has 67 heavy (non-hydrogen) atoms. The molecule has 2 aromatic heterocycles. The van der Waals surface area contributed by atoms with E-state index in [0.717, 1.165) is 81.4 Å². The van der Waals surface area contributed by atoms with Crippen LogP contribution in [-0.4, -0.2) is 19.6 Å². The van der Waals surface area contributed by atoms with E-state index in [9.17, 15) is 9.22 Å². The standard InChI is InChI=1S/C62H60N3O.Pt/c1-9-61(7,10-2)52-24-19-25-53(62(8,11-3)12-4)58(52)46-32-33-55(42(6)36-46)65-56-26-18-23-50(59(56)64-60(65)51-22-16-17-27-57(51)66)48-37-47(43-20-14-13-15-21-43)38-49(39-48)54-40-45(34-35-63-54)44-30-28-41(5)29-31-44;/h13-38,40,66H,9-12H2,1-8H3;/q-1;/i6D3;. The van der Waals surface area contributed by atoms with Gasteiger partial charge in [0.1, 0.15) is 11.6 Å². The Labute approximate surface area is 416 Å². The van der Waals surface area contributed by atoms with Gasteiger partial charge in [0.15, 0.2) is 0 Å². The van der Waals surface area contributed by atoms with Crippen molar-refractivity contribution in [2.24, 2.45) is 0 Å². The molecule has 0 saturated heterocycles. The van der Waals surface area contributed by atoms with Crippen molar-refractivity contribution in [1.82, 2.24) is 14.5 Å². The molecule has 340 valence electrons. The van der Waals surface area contributed by atoms with Crippen LogP contribution in [-0.2, 0) is 31.9 Å². The summed E-state index contributed by atoms with van der Waals surface area (Å²) < 4.78 is 29.5. The quantitative estimate of drug-likeness (QED) is 0.117. The normalized spacial score (nSPS) is 12.6. The fraction of sp³-hybridized carbons (Fsp3) is 0.226. The summed E-state index contributed by atoms with van der Waals surface area (Å²) in [5.74, 6) is 0.466. The molecule has 0 fully saturated rings.